The maximum absolute atomic E-state index is 11.9. The topological polar surface area (TPSA) is 84.6 Å². The van der Waals surface area contributed by atoms with Crippen molar-refractivity contribution in [2.45, 2.75) is 26.0 Å². The van der Waals surface area contributed by atoms with Crippen LogP contribution in [0.1, 0.15) is 34.8 Å². The van der Waals surface area contributed by atoms with Crippen LogP contribution >= 0.6 is 0 Å². The van der Waals surface area contributed by atoms with Crippen LogP contribution in [0.15, 0.2) is 34.9 Å². The van der Waals surface area contributed by atoms with Crippen LogP contribution in [0.3, 0.4) is 0 Å². The largest absolute Gasteiger partial charge is 0.497 e. The Morgan fingerprint density at radius 2 is 2.05 bits per heavy atom. The molecular formula is C15H18N2O4. The molecule has 0 fully saturated rings. The van der Waals surface area contributed by atoms with Gasteiger partial charge in [0.2, 0.25) is 5.76 Å². The summed E-state index contributed by atoms with van der Waals surface area (Å²) in [5.41, 5.74) is 1.32. The summed E-state index contributed by atoms with van der Waals surface area (Å²) >= 11 is 0. The molecule has 2 rings (SSSR count). The number of carbonyl (C=O) groups is 1. The summed E-state index contributed by atoms with van der Waals surface area (Å²) in [6.07, 6.45) is -0.830. The van der Waals surface area contributed by atoms with Gasteiger partial charge in [-0.05, 0) is 31.5 Å². The summed E-state index contributed by atoms with van der Waals surface area (Å²) in [4.78, 5) is 11.9. The quantitative estimate of drug-likeness (QED) is 0.877. The van der Waals surface area contributed by atoms with E-state index in [9.17, 15) is 9.90 Å². The number of nitrogens with zero attached hydrogens (tertiary/aromatic N) is 1. The van der Waals surface area contributed by atoms with Gasteiger partial charge >= 0.3 is 0 Å². The SMILES string of the molecule is COc1ccc(C(O)C(C)NC(=O)c2cc(C)no2)cc1. The highest BCUT2D eigenvalue weighted by atomic mass is 16.5. The summed E-state index contributed by atoms with van der Waals surface area (Å²) in [5.74, 6) is 0.428. The number of hydrogen-bond acceptors (Lipinski definition) is 5. The summed E-state index contributed by atoms with van der Waals surface area (Å²) in [5, 5.41) is 16.6. The fourth-order valence-electron chi connectivity index (χ4n) is 1.92. The first-order valence-electron chi connectivity index (χ1n) is 6.57. The highest BCUT2D eigenvalue weighted by Crippen LogP contribution is 2.20. The molecule has 0 saturated heterocycles. The summed E-state index contributed by atoms with van der Waals surface area (Å²) in [6.45, 7) is 3.45. The van der Waals surface area contributed by atoms with Crippen molar-refractivity contribution in [2.24, 2.45) is 0 Å². The second-order valence-corrected chi connectivity index (χ2v) is 4.81. The molecule has 0 aliphatic carbocycles. The molecule has 2 aromatic rings. The Bertz CT molecular complexity index is 606. The fraction of sp³-hybridized carbons (Fsp3) is 0.333. The van der Waals surface area contributed by atoms with Gasteiger partial charge in [0, 0.05) is 6.07 Å². The predicted octanol–water partition coefficient (Wildman–Crippen LogP) is 1.84. The Kier molecular flexibility index (Phi) is 4.59. The van der Waals surface area contributed by atoms with Crippen molar-refractivity contribution in [2.75, 3.05) is 7.11 Å². The minimum atomic E-state index is -0.830. The van der Waals surface area contributed by atoms with Crippen LogP contribution in [0.4, 0.5) is 0 Å². The standard InChI is InChI=1S/C15H18N2O4/c1-9-8-13(21-17-9)15(19)16-10(2)14(18)11-4-6-12(20-3)7-5-11/h4-8,10,14,18H,1-3H3,(H,16,19). The Labute approximate surface area is 122 Å². The Morgan fingerprint density at radius 3 is 2.57 bits per heavy atom. The maximum atomic E-state index is 11.9. The number of nitrogens with one attached hydrogen (secondary N) is 1. The lowest BCUT2D eigenvalue weighted by molar-refractivity contribution is 0.0817. The van der Waals surface area contributed by atoms with Gasteiger partial charge < -0.3 is 19.7 Å². The molecule has 0 aliphatic heterocycles. The van der Waals surface area contributed by atoms with Crippen molar-refractivity contribution in [3.05, 3.63) is 47.3 Å². The zero-order chi connectivity index (χ0) is 15.4. The van der Waals surface area contributed by atoms with E-state index < -0.39 is 18.1 Å². The lowest BCUT2D eigenvalue weighted by Crippen LogP contribution is -2.36. The molecule has 6 heteroatoms. The number of aryl methyl sites for hydroxylation is 1. The number of aliphatic hydroxyl groups is 1. The molecule has 1 amide bonds. The van der Waals surface area contributed by atoms with E-state index in [1.807, 2.05) is 0 Å². The smallest absolute Gasteiger partial charge is 0.290 e. The van der Waals surface area contributed by atoms with Crippen LogP contribution in [-0.2, 0) is 0 Å². The van der Waals surface area contributed by atoms with Gasteiger partial charge in [0.15, 0.2) is 0 Å². The number of aliphatic hydroxyl groups excluding tert-OH is 1. The summed E-state index contributed by atoms with van der Waals surface area (Å²) in [6, 6.07) is 8.09. The maximum Gasteiger partial charge on any atom is 0.290 e. The van der Waals surface area contributed by atoms with Crippen molar-refractivity contribution in [1.29, 1.82) is 0 Å². The average Bonchev–Trinajstić information content (AvgIpc) is 2.93. The van der Waals surface area contributed by atoms with Gasteiger partial charge in [-0.3, -0.25) is 4.79 Å². The molecule has 1 heterocycles. The molecule has 1 aromatic carbocycles. The first-order valence-corrected chi connectivity index (χ1v) is 6.57. The number of rotatable bonds is 5. The van der Waals surface area contributed by atoms with Crippen molar-refractivity contribution in [1.82, 2.24) is 10.5 Å². The van der Waals surface area contributed by atoms with Gasteiger partial charge in [-0.15, -0.1) is 0 Å². The van der Waals surface area contributed by atoms with Gasteiger partial charge in [0.1, 0.15) is 5.75 Å². The van der Waals surface area contributed by atoms with Crippen molar-refractivity contribution in [3.8, 4) is 5.75 Å². The normalized spacial score (nSPS) is 13.5. The molecule has 0 bridgehead atoms. The van der Waals surface area contributed by atoms with E-state index in [-0.39, 0.29) is 5.76 Å². The molecule has 0 radical (unpaired) electrons. The number of benzene rings is 1. The van der Waals surface area contributed by atoms with Crippen LogP contribution in [0.25, 0.3) is 0 Å². The summed E-state index contributed by atoms with van der Waals surface area (Å²) < 4.78 is 9.95. The number of hydrogen-bond donors (Lipinski definition) is 2. The number of carbonyl (C=O) groups excluding carboxylic acids is 1. The average molecular weight is 290 g/mol. The first-order chi connectivity index (χ1) is 10.0. The van der Waals surface area contributed by atoms with Crippen molar-refractivity contribution in [3.63, 3.8) is 0 Å². The van der Waals surface area contributed by atoms with E-state index in [0.29, 0.717) is 17.0 Å². The van der Waals surface area contributed by atoms with Crippen molar-refractivity contribution < 1.29 is 19.2 Å². The van der Waals surface area contributed by atoms with Crippen LogP contribution in [0, 0.1) is 6.92 Å². The summed E-state index contributed by atoms with van der Waals surface area (Å²) in [7, 11) is 1.58. The third-order valence-electron chi connectivity index (χ3n) is 3.14. The molecule has 0 spiro atoms. The minimum Gasteiger partial charge on any atom is -0.497 e. The number of ether oxygens (including phenoxy) is 1. The third-order valence-corrected chi connectivity index (χ3v) is 3.14. The minimum absolute atomic E-state index is 0.126. The molecule has 0 aliphatic rings. The van der Waals surface area contributed by atoms with Crippen LogP contribution in [0.2, 0.25) is 0 Å². The highest BCUT2D eigenvalue weighted by molar-refractivity contribution is 5.91. The zero-order valence-electron chi connectivity index (χ0n) is 12.2. The van der Waals surface area contributed by atoms with Gasteiger partial charge in [0.05, 0.1) is 24.9 Å². The second-order valence-electron chi connectivity index (χ2n) is 4.81. The third kappa shape index (κ3) is 3.61. The number of aromatic nitrogens is 1. The van der Waals surface area contributed by atoms with Gasteiger partial charge in [-0.25, -0.2) is 0 Å². The molecule has 112 valence electrons. The van der Waals surface area contributed by atoms with Gasteiger partial charge in [0.25, 0.3) is 5.91 Å². The molecule has 2 atom stereocenters. The van der Waals surface area contributed by atoms with Gasteiger partial charge in [-0.1, -0.05) is 17.3 Å². The predicted molar refractivity (Wildman–Crippen MR) is 76.1 cm³/mol. The molecule has 6 nitrogen and oxygen atoms in total. The molecule has 1 aromatic heterocycles. The van der Waals surface area contributed by atoms with Crippen LogP contribution < -0.4 is 10.1 Å². The van der Waals surface area contributed by atoms with E-state index in [1.165, 1.54) is 0 Å². The lowest BCUT2D eigenvalue weighted by atomic mass is 10.0. The van der Waals surface area contributed by atoms with E-state index >= 15 is 0 Å². The highest BCUT2D eigenvalue weighted by Gasteiger charge is 2.21. The zero-order valence-corrected chi connectivity index (χ0v) is 12.2. The molecule has 0 saturated carbocycles. The molecule has 21 heavy (non-hydrogen) atoms. The van der Waals surface area contributed by atoms with E-state index in [1.54, 1.807) is 51.3 Å². The molecular weight excluding hydrogens is 272 g/mol. The van der Waals surface area contributed by atoms with E-state index in [0.717, 1.165) is 0 Å². The van der Waals surface area contributed by atoms with Gasteiger partial charge in [-0.2, -0.15) is 0 Å². The van der Waals surface area contributed by atoms with Crippen LogP contribution in [-0.4, -0.2) is 29.3 Å². The lowest BCUT2D eigenvalue weighted by Gasteiger charge is -2.20. The van der Waals surface area contributed by atoms with Crippen molar-refractivity contribution >= 4 is 5.91 Å². The molecule has 2 N–H and O–H groups in total. The fourth-order valence-corrected chi connectivity index (χ4v) is 1.92. The van der Waals surface area contributed by atoms with E-state index in [2.05, 4.69) is 10.5 Å². The Balaban J connectivity index is 2.01. The Morgan fingerprint density at radius 1 is 1.38 bits per heavy atom. The molecule has 2 unspecified atom stereocenters. The Hall–Kier alpha value is -2.34. The number of amides is 1. The number of methoxy groups -OCH3 is 1. The second kappa shape index (κ2) is 6.41. The first kappa shape index (κ1) is 15.1. The van der Waals surface area contributed by atoms with Crippen LogP contribution in [0.5, 0.6) is 5.75 Å². The monoisotopic (exact) mass is 290 g/mol. The van der Waals surface area contributed by atoms with E-state index in [4.69, 9.17) is 9.26 Å².